The zero-order chi connectivity index (χ0) is 17.8. The summed E-state index contributed by atoms with van der Waals surface area (Å²) in [5, 5.41) is 21.9. The number of nitrogens with zero attached hydrogens (tertiary/aromatic N) is 3. The Morgan fingerprint density at radius 2 is 1.92 bits per heavy atom. The number of carbonyl (C=O) groups is 1. The number of thioether (sulfide) groups is 1. The fraction of sp³-hybridized carbons (Fsp3) is 0.118. The van der Waals surface area contributed by atoms with Crippen molar-refractivity contribution < 1.29 is 9.72 Å². The van der Waals surface area contributed by atoms with Crippen molar-refractivity contribution in [1.29, 1.82) is 0 Å². The van der Waals surface area contributed by atoms with Crippen LogP contribution >= 0.6 is 11.8 Å². The Balaban J connectivity index is 1.92. The standard InChI is InChI=1S/C17H14N4O3S/c1-11-2-4-12(5-3-11)13-6-7-15(21(23)24)14(8-13)9-18-20-17-19-16(22)10-25-17/h2-9H,10H2,1H3,(H,19,20,22). The molecule has 1 saturated heterocycles. The number of benzene rings is 2. The summed E-state index contributed by atoms with van der Waals surface area (Å²) in [4.78, 5) is 21.9. The molecular formula is C17H14N4O3S. The first-order valence-corrected chi connectivity index (χ1v) is 8.40. The van der Waals surface area contributed by atoms with Gasteiger partial charge in [0.15, 0.2) is 5.17 Å². The van der Waals surface area contributed by atoms with Gasteiger partial charge in [-0.25, -0.2) is 0 Å². The molecule has 0 saturated carbocycles. The molecule has 0 aromatic heterocycles. The SMILES string of the molecule is Cc1ccc(-c2ccc([N+](=O)[O-])c(C=NN=C3NC(=O)CS3)c2)cc1. The van der Waals surface area contributed by atoms with Gasteiger partial charge >= 0.3 is 0 Å². The lowest BCUT2D eigenvalue weighted by Gasteiger charge is -2.04. The smallest absolute Gasteiger partial charge is 0.278 e. The molecule has 1 heterocycles. The van der Waals surface area contributed by atoms with Gasteiger partial charge in [-0.2, -0.15) is 5.10 Å². The van der Waals surface area contributed by atoms with E-state index in [4.69, 9.17) is 0 Å². The molecule has 1 N–H and O–H groups in total. The molecule has 126 valence electrons. The van der Waals surface area contributed by atoms with Crippen LogP contribution in [0.4, 0.5) is 5.69 Å². The highest BCUT2D eigenvalue weighted by atomic mass is 32.2. The van der Waals surface area contributed by atoms with Gasteiger partial charge in [-0.3, -0.25) is 14.9 Å². The Labute approximate surface area is 148 Å². The Bertz CT molecular complexity index is 891. The summed E-state index contributed by atoms with van der Waals surface area (Å²) < 4.78 is 0. The third-order valence-corrected chi connectivity index (χ3v) is 4.40. The van der Waals surface area contributed by atoms with E-state index in [9.17, 15) is 14.9 Å². The van der Waals surface area contributed by atoms with Crippen molar-refractivity contribution in [3.05, 3.63) is 63.7 Å². The Morgan fingerprint density at radius 1 is 1.20 bits per heavy atom. The third kappa shape index (κ3) is 4.10. The molecule has 8 heteroatoms. The average Bonchev–Trinajstić information content (AvgIpc) is 3.00. The predicted octanol–water partition coefficient (Wildman–Crippen LogP) is 3.12. The van der Waals surface area contributed by atoms with E-state index in [1.165, 1.54) is 24.0 Å². The van der Waals surface area contributed by atoms with E-state index in [0.717, 1.165) is 16.7 Å². The van der Waals surface area contributed by atoms with Gasteiger partial charge in [0.05, 0.1) is 22.5 Å². The largest absolute Gasteiger partial charge is 0.303 e. The molecule has 0 atom stereocenters. The molecule has 1 amide bonds. The second-order valence-electron chi connectivity index (χ2n) is 5.38. The number of amidine groups is 1. The molecule has 0 radical (unpaired) electrons. The number of rotatable bonds is 4. The number of hydrogen-bond donors (Lipinski definition) is 1. The first-order valence-electron chi connectivity index (χ1n) is 7.42. The number of hydrogen-bond acceptors (Lipinski definition) is 6. The Morgan fingerprint density at radius 3 is 2.56 bits per heavy atom. The number of nitro groups is 1. The Kier molecular flexibility index (Phi) is 4.90. The van der Waals surface area contributed by atoms with Crippen LogP contribution in [-0.2, 0) is 4.79 Å². The maximum Gasteiger partial charge on any atom is 0.278 e. The Hall–Kier alpha value is -3.00. The van der Waals surface area contributed by atoms with Crippen LogP contribution in [0.1, 0.15) is 11.1 Å². The van der Waals surface area contributed by atoms with Crippen LogP contribution in [0.15, 0.2) is 52.7 Å². The highest BCUT2D eigenvalue weighted by Crippen LogP contribution is 2.26. The minimum Gasteiger partial charge on any atom is -0.303 e. The maximum absolute atomic E-state index is 11.2. The van der Waals surface area contributed by atoms with Crippen molar-refractivity contribution in [2.75, 3.05) is 5.75 Å². The number of amides is 1. The second kappa shape index (κ2) is 7.27. The lowest BCUT2D eigenvalue weighted by atomic mass is 10.0. The first kappa shape index (κ1) is 16.8. The number of nitro benzene ring substituents is 1. The molecule has 7 nitrogen and oxygen atoms in total. The van der Waals surface area contributed by atoms with Gasteiger partial charge in [0.1, 0.15) is 0 Å². The maximum atomic E-state index is 11.2. The summed E-state index contributed by atoms with van der Waals surface area (Å²) in [7, 11) is 0. The summed E-state index contributed by atoms with van der Waals surface area (Å²) in [5.74, 6) is 0.170. The quantitative estimate of drug-likeness (QED) is 0.518. The molecule has 0 aliphatic carbocycles. The summed E-state index contributed by atoms with van der Waals surface area (Å²) in [6.07, 6.45) is 1.33. The highest BCUT2D eigenvalue weighted by molar-refractivity contribution is 8.15. The summed E-state index contributed by atoms with van der Waals surface area (Å²) in [6.45, 7) is 2.00. The van der Waals surface area contributed by atoms with Crippen molar-refractivity contribution in [2.24, 2.45) is 10.2 Å². The van der Waals surface area contributed by atoms with E-state index in [0.29, 0.717) is 16.5 Å². The first-order chi connectivity index (χ1) is 12.0. The molecule has 1 aliphatic heterocycles. The van der Waals surface area contributed by atoms with Crippen LogP contribution in [0.5, 0.6) is 0 Å². The monoisotopic (exact) mass is 354 g/mol. The molecular weight excluding hydrogens is 340 g/mol. The normalized spacial score (nSPS) is 15.7. The van der Waals surface area contributed by atoms with E-state index in [1.54, 1.807) is 12.1 Å². The summed E-state index contributed by atoms with van der Waals surface area (Å²) in [5.41, 5.74) is 3.24. The van der Waals surface area contributed by atoms with Crippen LogP contribution in [0, 0.1) is 17.0 Å². The second-order valence-corrected chi connectivity index (χ2v) is 6.35. The minimum atomic E-state index is -0.459. The highest BCUT2D eigenvalue weighted by Gasteiger charge is 2.16. The lowest BCUT2D eigenvalue weighted by molar-refractivity contribution is -0.385. The van der Waals surface area contributed by atoms with Crippen LogP contribution in [0.2, 0.25) is 0 Å². The van der Waals surface area contributed by atoms with Gasteiger partial charge in [-0.1, -0.05) is 41.6 Å². The third-order valence-electron chi connectivity index (χ3n) is 3.54. The molecule has 1 fully saturated rings. The van der Waals surface area contributed by atoms with Crippen molar-refractivity contribution >= 4 is 34.7 Å². The minimum absolute atomic E-state index is 0.0528. The molecule has 0 unspecified atom stereocenters. The fourth-order valence-electron chi connectivity index (χ4n) is 2.27. The van der Waals surface area contributed by atoms with Crippen molar-refractivity contribution in [2.45, 2.75) is 6.92 Å². The topological polar surface area (TPSA) is 97.0 Å². The fourth-order valence-corrected chi connectivity index (χ4v) is 2.90. The lowest BCUT2D eigenvalue weighted by Crippen LogP contribution is -2.19. The van der Waals surface area contributed by atoms with Crippen molar-refractivity contribution in [3.8, 4) is 11.1 Å². The molecule has 1 aliphatic rings. The van der Waals surface area contributed by atoms with E-state index >= 15 is 0 Å². The van der Waals surface area contributed by atoms with Crippen LogP contribution in [-0.4, -0.2) is 28.0 Å². The molecule has 25 heavy (non-hydrogen) atoms. The number of aryl methyl sites for hydroxylation is 1. The zero-order valence-electron chi connectivity index (χ0n) is 13.3. The molecule has 2 aromatic carbocycles. The average molecular weight is 354 g/mol. The van der Waals surface area contributed by atoms with Gasteiger partial charge in [0.25, 0.3) is 5.69 Å². The van der Waals surface area contributed by atoms with E-state index < -0.39 is 4.92 Å². The van der Waals surface area contributed by atoms with Crippen molar-refractivity contribution in [3.63, 3.8) is 0 Å². The summed E-state index contributed by atoms with van der Waals surface area (Å²) in [6, 6.07) is 12.7. The number of nitrogens with one attached hydrogen (secondary N) is 1. The van der Waals surface area contributed by atoms with E-state index in [2.05, 4.69) is 15.5 Å². The van der Waals surface area contributed by atoms with Gasteiger partial charge in [0.2, 0.25) is 5.91 Å². The van der Waals surface area contributed by atoms with Gasteiger partial charge in [0, 0.05) is 6.07 Å². The van der Waals surface area contributed by atoms with Crippen LogP contribution in [0.25, 0.3) is 11.1 Å². The number of carbonyl (C=O) groups excluding carboxylic acids is 1. The van der Waals surface area contributed by atoms with Gasteiger partial charge in [-0.15, -0.1) is 5.10 Å². The predicted molar refractivity (Wildman–Crippen MR) is 98.9 cm³/mol. The van der Waals surface area contributed by atoms with Crippen LogP contribution in [0.3, 0.4) is 0 Å². The molecule has 0 bridgehead atoms. The molecule has 2 aromatic rings. The molecule has 0 spiro atoms. The summed E-state index contributed by atoms with van der Waals surface area (Å²) >= 11 is 1.24. The van der Waals surface area contributed by atoms with Crippen LogP contribution < -0.4 is 5.32 Å². The molecule has 3 rings (SSSR count). The van der Waals surface area contributed by atoms with Crippen molar-refractivity contribution in [1.82, 2.24) is 5.32 Å². The van der Waals surface area contributed by atoms with Gasteiger partial charge in [-0.05, 0) is 30.2 Å². The van der Waals surface area contributed by atoms with E-state index in [-0.39, 0.29) is 11.6 Å². The van der Waals surface area contributed by atoms with E-state index in [1.807, 2.05) is 31.2 Å². The van der Waals surface area contributed by atoms with Gasteiger partial charge < -0.3 is 5.32 Å². The zero-order valence-corrected chi connectivity index (χ0v) is 14.1.